The molecule has 106 valence electrons. The lowest BCUT2D eigenvalue weighted by Gasteiger charge is -2.37. The lowest BCUT2D eigenvalue weighted by molar-refractivity contribution is -0.124. The van der Waals surface area contributed by atoms with E-state index in [-0.39, 0.29) is 23.4 Å². The highest BCUT2D eigenvalue weighted by atomic mass is 16.2. The van der Waals surface area contributed by atoms with Crippen molar-refractivity contribution >= 4 is 5.91 Å². The van der Waals surface area contributed by atoms with Gasteiger partial charge in [-0.1, -0.05) is 33.1 Å². The van der Waals surface area contributed by atoms with Crippen molar-refractivity contribution in [3.05, 3.63) is 0 Å². The Hall–Kier alpha value is -0.610. The summed E-state index contributed by atoms with van der Waals surface area (Å²) < 4.78 is 0. The Morgan fingerprint density at radius 3 is 2.39 bits per heavy atom. The molecule has 1 rings (SSSR count). The number of rotatable bonds is 6. The van der Waals surface area contributed by atoms with Crippen molar-refractivity contribution in [1.29, 1.82) is 0 Å². The van der Waals surface area contributed by atoms with Crippen LogP contribution in [-0.2, 0) is 4.79 Å². The Balaban J connectivity index is 2.50. The Kier molecular flexibility index (Phi) is 5.60. The molecule has 0 heterocycles. The van der Waals surface area contributed by atoms with Crippen molar-refractivity contribution in [3.8, 4) is 0 Å². The molecular formula is C14H29N3O. The molecule has 1 fully saturated rings. The highest BCUT2D eigenvalue weighted by Crippen LogP contribution is 2.33. The second-order valence-corrected chi connectivity index (χ2v) is 5.95. The molecule has 0 saturated heterocycles. The van der Waals surface area contributed by atoms with Crippen LogP contribution in [0.5, 0.6) is 0 Å². The van der Waals surface area contributed by atoms with Crippen LogP contribution in [-0.4, -0.2) is 43.0 Å². The van der Waals surface area contributed by atoms with E-state index in [2.05, 4.69) is 31.2 Å². The number of carbonyl (C=O) groups excluding carboxylic acids is 1. The Labute approximate surface area is 111 Å². The van der Waals surface area contributed by atoms with Crippen molar-refractivity contribution in [1.82, 2.24) is 10.2 Å². The molecule has 2 atom stereocenters. The van der Waals surface area contributed by atoms with Gasteiger partial charge in [0, 0.05) is 12.1 Å². The van der Waals surface area contributed by atoms with E-state index in [0.29, 0.717) is 0 Å². The van der Waals surface area contributed by atoms with E-state index >= 15 is 0 Å². The Bertz CT molecular complexity index is 272. The van der Waals surface area contributed by atoms with Crippen molar-refractivity contribution in [2.45, 2.75) is 57.5 Å². The average molecular weight is 255 g/mol. The van der Waals surface area contributed by atoms with Crippen LogP contribution < -0.4 is 11.1 Å². The minimum absolute atomic E-state index is 0.00234. The fraction of sp³-hybridized carbons (Fsp3) is 0.929. The van der Waals surface area contributed by atoms with Gasteiger partial charge >= 0.3 is 0 Å². The fourth-order valence-corrected chi connectivity index (χ4v) is 2.70. The molecule has 4 nitrogen and oxygen atoms in total. The van der Waals surface area contributed by atoms with Crippen molar-refractivity contribution < 1.29 is 4.79 Å². The summed E-state index contributed by atoms with van der Waals surface area (Å²) in [7, 11) is 4.21. The highest BCUT2D eigenvalue weighted by Gasteiger charge is 2.36. The van der Waals surface area contributed by atoms with Gasteiger partial charge in [-0.2, -0.15) is 0 Å². The lowest BCUT2D eigenvalue weighted by Crippen LogP contribution is -2.54. The Morgan fingerprint density at radius 1 is 1.39 bits per heavy atom. The lowest BCUT2D eigenvalue weighted by atomic mass is 9.95. The van der Waals surface area contributed by atoms with Crippen molar-refractivity contribution in [2.24, 2.45) is 11.7 Å². The predicted octanol–water partition coefficient (Wildman–Crippen LogP) is 1.35. The molecule has 3 N–H and O–H groups in total. The first-order valence-electron chi connectivity index (χ1n) is 7.13. The molecule has 1 saturated carbocycles. The maximum absolute atomic E-state index is 12.0. The third-order valence-corrected chi connectivity index (χ3v) is 4.63. The average Bonchev–Trinajstić information content (AvgIpc) is 2.84. The summed E-state index contributed by atoms with van der Waals surface area (Å²) in [5.41, 5.74) is 6.09. The van der Waals surface area contributed by atoms with E-state index < -0.39 is 0 Å². The SMILES string of the molecule is CCC(C)C(N)C(=O)NCC1(N(C)C)CCCC1. The molecule has 0 bridgehead atoms. The Morgan fingerprint density at radius 2 is 1.94 bits per heavy atom. The smallest absolute Gasteiger partial charge is 0.237 e. The number of nitrogens with two attached hydrogens (primary N) is 1. The minimum atomic E-state index is -0.379. The zero-order valence-electron chi connectivity index (χ0n) is 12.3. The molecule has 18 heavy (non-hydrogen) atoms. The van der Waals surface area contributed by atoms with E-state index in [0.717, 1.165) is 13.0 Å². The maximum Gasteiger partial charge on any atom is 0.237 e. The topological polar surface area (TPSA) is 58.4 Å². The second-order valence-electron chi connectivity index (χ2n) is 5.95. The van der Waals surface area contributed by atoms with Crippen LogP contribution in [0.25, 0.3) is 0 Å². The summed E-state index contributed by atoms with van der Waals surface area (Å²) in [5.74, 6) is 0.237. The van der Waals surface area contributed by atoms with Gasteiger partial charge in [-0.25, -0.2) is 0 Å². The molecule has 2 unspecified atom stereocenters. The van der Waals surface area contributed by atoms with E-state index in [4.69, 9.17) is 5.73 Å². The number of likely N-dealkylation sites (N-methyl/N-ethyl adjacent to an activating group) is 1. The van der Waals surface area contributed by atoms with Crippen molar-refractivity contribution in [2.75, 3.05) is 20.6 Å². The molecule has 4 heteroatoms. The van der Waals surface area contributed by atoms with Gasteiger partial charge in [0.15, 0.2) is 0 Å². The largest absolute Gasteiger partial charge is 0.353 e. The molecule has 0 spiro atoms. The van der Waals surface area contributed by atoms with E-state index in [1.165, 1.54) is 25.7 Å². The van der Waals surface area contributed by atoms with Crippen LogP contribution in [0.3, 0.4) is 0 Å². The second kappa shape index (κ2) is 6.53. The first kappa shape index (κ1) is 15.4. The highest BCUT2D eigenvalue weighted by molar-refractivity contribution is 5.81. The van der Waals surface area contributed by atoms with Crippen LogP contribution in [0.4, 0.5) is 0 Å². The molecule has 0 aliphatic heterocycles. The zero-order valence-corrected chi connectivity index (χ0v) is 12.3. The third-order valence-electron chi connectivity index (χ3n) is 4.63. The van der Waals surface area contributed by atoms with E-state index in [9.17, 15) is 4.79 Å². The third kappa shape index (κ3) is 3.45. The summed E-state index contributed by atoms with van der Waals surface area (Å²) in [6, 6.07) is -0.379. The van der Waals surface area contributed by atoms with Crippen LogP contribution >= 0.6 is 0 Å². The molecule has 0 aromatic heterocycles. The van der Waals surface area contributed by atoms with Gasteiger partial charge in [0.2, 0.25) is 5.91 Å². The van der Waals surface area contributed by atoms with Crippen LogP contribution in [0.15, 0.2) is 0 Å². The van der Waals surface area contributed by atoms with Gasteiger partial charge in [0.25, 0.3) is 0 Å². The quantitative estimate of drug-likeness (QED) is 0.753. The van der Waals surface area contributed by atoms with Crippen LogP contribution in [0, 0.1) is 5.92 Å². The minimum Gasteiger partial charge on any atom is -0.353 e. The van der Waals surface area contributed by atoms with Crippen LogP contribution in [0.2, 0.25) is 0 Å². The van der Waals surface area contributed by atoms with Gasteiger partial charge in [-0.3, -0.25) is 4.79 Å². The molecule has 1 aliphatic carbocycles. The number of hydrogen-bond acceptors (Lipinski definition) is 3. The molecule has 1 aliphatic rings. The standard InChI is InChI=1S/C14H29N3O/c1-5-11(2)12(15)13(18)16-10-14(17(3)4)8-6-7-9-14/h11-12H,5-10,15H2,1-4H3,(H,16,18). The number of hydrogen-bond donors (Lipinski definition) is 2. The maximum atomic E-state index is 12.0. The predicted molar refractivity (Wildman–Crippen MR) is 75.3 cm³/mol. The monoisotopic (exact) mass is 255 g/mol. The molecule has 0 aromatic carbocycles. The van der Waals surface area contributed by atoms with Gasteiger partial charge in [0.05, 0.1) is 6.04 Å². The summed E-state index contributed by atoms with van der Waals surface area (Å²) >= 11 is 0. The summed E-state index contributed by atoms with van der Waals surface area (Å²) in [6.07, 6.45) is 5.78. The molecule has 0 radical (unpaired) electrons. The number of nitrogens with zero attached hydrogens (tertiary/aromatic N) is 1. The summed E-state index contributed by atoms with van der Waals surface area (Å²) in [5, 5.41) is 3.06. The first-order valence-corrected chi connectivity index (χ1v) is 7.13. The van der Waals surface area contributed by atoms with Crippen LogP contribution in [0.1, 0.15) is 46.0 Å². The molecule has 1 amide bonds. The number of carbonyl (C=O) groups is 1. The zero-order chi connectivity index (χ0) is 13.8. The summed E-state index contributed by atoms with van der Waals surface area (Å²) in [6.45, 7) is 4.82. The fourth-order valence-electron chi connectivity index (χ4n) is 2.70. The first-order chi connectivity index (χ1) is 8.43. The van der Waals surface area contributed by atoms with E-state index in [1.54, 1.807) is 0 Å². The van der Waals surface area contributed by atoms with Gasteiger partial charge in [0.1, 0.15) is 0 Å². The molecule has 0 aromatic rings. The van der Waals surface area contributed by atoms with Gasteiger partial charge in [-0.05, 0) is 32.9 Å². The normalized spacial score (nSPS) is 21.9. The number of amides is 1. The van der Waals surface area contributed by atoms with Crippen molar-refractivity contribution in [3.63, 3.8) is 0 Å². The summed E-state index contributed by atoms with van der Waals surface area (Å²) in [4.78, 5) is 14.3. The van der Waals surface area contributed by atoms with Gasteiger partial charge in [-0.15, -0.1) is 0 Å². The number of nitrogens with one attached hydrogen (secondary N) is 1. The molecular weight excluding hydrogens is 226 g/mol. The van der Waals surface area contributed by atoms with E-state index in [1.807, 2.05) is 6.92 Å². The van der Waals surface area contributed by atoms with Gasteiger partial charge < -0.3 is 16.0 Å².